The van der Waals surface area contributed by atoms with Crippen LogP contribution < -0.4 is 5.32 Å². The van der Waals surface area contributed by atoms with Crippen molar-refractivity contribution < 1.29 is 23.6 Å². The van der Waals surface area contributed by atoms with E-state index in [0.717, 1.165) is 0 Å². The third-order valence-corrected chi connectivity index (χ3v) is 4.49. The standard InChI is InChI=1S/C22H15FN2O4/c23-18-11-5-6-12-19(18)24-20(26)15-8-2-1-7-14(15)13-29-25-21(27)16-9-3-4-10-17(16)22(25)28/h1-12H,13H2,(H,24,26). The summed E-state index contributed by atoms with van der Waals surface area (Å²) in [7, 11) is 0. The number of rotatable bonds is 5. The Morgan fingerprint density at radius 2 is 1.45 bits per heavy atom. The number of benzene rings is 3. The van der Waals surface area contributed by atoms with Crippen LogP contribution in [0.5, 0.6) is 0 Å². The molecule has 0 fully saturated rings. The zero-order chi connectivity index (χ0) is 20.4. The monoisotopic (exact) mass is 390 g/mol. The molecular formula is C22H15FN2O4. The van der Waals surface area contributed by atoms with Crippen LogP contribution in [0.1, 0.15) is 36.6 Å². The summed E-state index contributed by atoms with van der Waals surface area (Å²) in [5, 5.41) is 3.20. The van der Waals surface area contributed by atoms with Gasteiger partial charge in [0.1, 0.15) is 12.4 Å². The lowest BCUT2D eigenvalue weighted by atomic mass is 10.1. The number of hydrogen-bond donors (Lipinski definition) is 1. The fourth-order valence-corrected chi connectivity index (χ4v) is 3.04. The average Bonchev–Trinajstić information content (AvgIpc) is 2.99. The van der Waals surface area contributed by atoms with Crippen molar-refractivity contribution in [2.45, 2.75) is 6.61 Å². The minimum Gasteiger partial charge on any atom is -0.319 e. The molecule has 0 saturated carbocycles. The van der Waals surface area contributed by atoms with Gasteiger partial charge in [-0.3, -0.25) is 19.2 Å². The maximum Gasteiger partial charge on any atom is 0.285 e. The van der Waals surface area contributed by atoms with Crippen molar-refractivity contribution in [1.82, 2.24) is 5.06 Å². The van der Waals surface area contributed by atoms with E-state index in [1.807, 2.05) is 0 Å². The normalized spacial score (nSPS) is 12.8. The molecular weight excluding hydrogens is 375 g/mol. The maximum absolute atomic E-state index is 13.8. The summed E-state index contributed by atoms with van der Waals surface area (Å²) >= 11 is 0. The summed E-state index contributed by atoms with van der Waals surface area (Å²) in [5.41, 5.74) is 1.27. The Bertz CT molecular complexity index is 1090. The highest BCUT2D eigenvalue weighted by atomic mass is 19.1. The van der Waals surface area contributed by atoms with Gasteiger partial charge < -0.3 is 5.32 Å². The van der Waals surface area contributed by atoms with Gasteiger partial charge in [-0.05, 0) is 35.9 Å². The molecule has 3 amide bonds. The molecule has 1 aliphatic rings. The zero-order valence-corrected chi connectivity index (χ0v) is 15.1. The van der Waals surface area contributed by atoms with Gasteiger partial charge in [-0.1, -0.05) is 42.5 Å². The molecule has 29 heavy (non-hydrogen) atoms. The van der Waals surface area contributed by atoms with Crippen LogP contribution in [0.4, 0.5) is 10.1 Å². The van der Waals surface area contributed by atoms with E-state index in [1.54, 1.807) is 54.6 Å². The second kappa shape index (κ2) is 7.65. The Balaban J connectivity index is 1.51. The number of hydroxylamine groups is 2. The lowest BCUT2D eigenvalue weighted by Gasteiger charge is -2.15. The number of carbonyl (C=O) groups excluding carboxylic acids is 3. The fourth-order valence-electron chi connectivity index (χ4n) is 3.04. The topological polar surface area (TPSA) is 75.7 Å². The van der Waals surface area contributed by atoms with Crippen LogP contribution >= 0.6 is 0 Å². The van der Waals surface area contributed by atoms with Crippen molar-refractivity contribution in [1.29, 1.82) is 0 Å². The summed E-state index contributed by atoms with van der Waals surface area (Å²) in [4.78, 5) is 42.8. The van der Waals surface area contributed by atoms with Gasteiger partial charge in [0.2, 0.25) is 0 Å². The van der Waals surface area contributed by atoms with E-state index in [2.05, 4.69) is 5.32 Å². The highest BCUT2D eigenvalue weighted by Gasteiger charge is 2.36. The molecule has 0 unspecified atom stereocenters. The lowest BCUT2D eigenvalue weighted by Crippen LogP contribution is -2.30. The van der Waals surface area contributed by atoms with Crippen LogP contribution in [0, 0.1) is 5.82 Å². The first kappa shape index (κ1) is 18.5. The summed E-state index contributed by atoms with van der Waals surface area (Å²) in [6.07, 6.45) is 0. The van der Waals surface area contributed by atoms with E-state index in [1.165, 1.54) is 18.2 Å². The molecule has 1 aliphatic heterocycles. The molecule has 0 bridgehead atoms. The van der Waals surface area contributed by atoms with Gasteiger partial charge in [-0.25, -0.2) is 4.39 Å². The minimum absolute atomic E-state index is 0.0496. The molecule has 4 rings (SSSR count). The van der Waals surface area contributed by atoms with Crippen molar-refractivity contribution >= 4 is 23.4 Å². The third-order valence-electron chi connectivity index (χ3n) is 4.49. The molecule has 0 atom stereocenters. The molecule has 3 aromatic carbocycles. The Morgan fingerprint density at radius 3 is 2.14 bits per heavy atom. The number of carbonyl (C=O) groups is 3. The van der Waals surface area contributed by atoms with E-state index in [0.29, 0.717) is 10.6 Å². The van der Waals surface area contributed by atoms with Gasteiger partial charge in [-0.2, -0.15) is 0 Å². The molecule has 0 aliphatic carbocycles. The molecule has 144 valence electrons. The number of hydrogen-bond acceptors (Lipinski definition) is 4. The van der Waals surface area contributed by atoms with E-state index in [-0.39, 0.29) is 29.0 Å². The molecule has 6 nitrogen and oxygen atoms in total. The number of para-hydroxylation sites is 1. The molecule has 0 aromatic heterocycles. The number of halogens is 1. The number of anilines is 1. The van der Waals surface area contributed by atoms with Crippen LogP contribution in [-0.4, -0.2) is 22.8 Å². The number of nitrogens with one attached hydrogen (secondary N) is 1. The van der Waals surface area contributed by atoms with Crippen molar-refractivity contribution in [3.8, 4) is 0 Å². The molecule has 3 aromatic rings. The van der Waals surface area contributed by atoms with Crippen molar-refractivity contribution in [3.05, 3.63) is 101 Å². The molecule has 7 heteroatoms. The van der Waals surface area contributed by atoms with Crippen LogP contribution in [-0.2, 0) is 11.4 Å². The maximum atomic E-state index is 13.8. The Morgan fingerprint density at radius 1 is 0.862 bits per heavy atom. The number of amides is 3. The van der Waals surface area contributed by atoms with Gasteiger partial charge in [0.05, 0.1) is 16.8 Å². The quantitative estimate of drug-likeness (QED) is 0.673. The van der Waals surface area contributed by atoms with Gasteiger partial charge in [-0.15, -0.1) is 5.06 Å². The van der Waals surface area contributed by atoms with E-state index < -0.39 is 23.5 Å². The van der Waals surface area contributed by atoms with Crippen molar-refractivity contribution in [2.24, 2.45) is 0 Å². The Labute approximate surface area is 165 Å². The molecule has 1 N–H and O–H groups in total. The highest BCUT2D eigenvalue weighted by Crippen LogP contribution is 2.24. The van der Waals surface area contributed by atoms with E-state index in [9.17, 15) is 18.8 Å². The Hall–Kier alpha value is -3.84. The molecule has 0 radical (unpaired) electrons. The fraction of sp³-hybridized carbons (Fsp3) is 0.0455. The second-order valence-corrected chi connectivity index (χ2v) is 6.31. The first-order valence-corrected chi connectivity index (χ1v) is 8.81. The van der Waals surface area contributed by atoms with Gasteiger partial charge in [0.25, 0.3) is 17.7 Å². The van der Waals surface area contributed by atoms with Crippen LogP contribution in [0.15, 0.2) is 72.8 Å². The number of imide groups is 1. The van der Waals surface area contributed by atoms with E-state index in [4.69, 9.17) is 4.84 Å². The van der Waals surface area contributed by atoms with E-state index >= 15 is 0 Å². The highest BCUT2D eigenvalue weighted by molar-refractivity contribution is 6.20. The minimum atomic E-state index is -0.557. The van der Waals surface area contributed by atoms with Crippen molar-refractivity contribution in [2.75, 3.05) is 5.32 Å². The SMILES string of the molecule is O=C(Nc1ccccc1F)c1ccccc1CON1C(=O)c2ccccc2C1=O. The predicted octanol–water partition coefficient (Wildman–Crippen LogP) is 3.81. The van der Waals surface area contributed by atoms with Crippen LogP contribution in [0.25, 0.3) is 0 Å². The van der Waals surface area contributed by atoms with Gasteiger partial charge in [0.15, 0.2) is 0 Å². The molecule has 1 heterocycles. The third kappa shape index (κ3) is 3.51. The Kier molecular flexibility index (Phi) is 4.88. The molecule has 0 spiro atoms. The first-order chi connectivity index (χ1) is 14.1. The zero-order valence-electron chi connectivity index (χ0n) is 15.1. The average molecular weight is 390 g/mol. The number of fused-ring (bicyclic) bond motifs is 1. The van der Waals surface area contributed by atoms with Crippen molar-refractivity contribution in [3.63, 3.8) is 0 Å². The first-order valence-electron chi connectivity index (χ1n) is 8.81. The summed E-state index contributed by atoms with van der Waals surface area (Å²) in [5.74, 6) is -2.20. The van der Waals surface area contributed by atoms with Gasteiger partial charge in [0, 0.05) is 5.56 Å². The van der Waals surface area contributed by atoms with Gasteiger partial charge >= 0.3 is 0 Å². The smallest absolute Gasteiger partial charge is 0.285 e. The predicted molar refractivity (Wildman–Crippen MR) is 103 cm³/mol. The lowest BCUT2D eigenvalue weighted by molar-refractivity contribution is -0.101. The second-order valence-electron chi connectivity index (χ2n) is 6.31. The summed E-state index contributed by atoms with van der Waals surface area (Å²) in [6.45, 7) is -0.188. The van der Waals surface area contributed by atoms with Crippen LogP contribution in [0.3, 0.4) is 0 Å². The molecule has 0 saturated heterocycles. The number of nitrogens with zero attached hydrogens (tertiary/aromatic N) is 1. The largest absolute Gasteiger partial charge is 0.319 e. The van der Waals surface area contributed by atoms with Crippen LogP contribution in [0.2, 0.25) is 0 Å². The summed E-state index contributed by atoms with van der Waals surface area (Å²) < 4.78 is 13.8. The summed E-state index contributed by atoms with van der Waals surface area (Å²) in [6, 6.07) is 18.8.